The molecule has 5 heteroatoms. The van der Waals surface area contributed by atoms with Crippen LogP contribution in [0.5, 0.6) is 0 Å². The molecule has 2 fully saturated rings. The lowest BCUT2D eigenvalue weighted by Gasteiger charge is -2.36. The zero-order valence-corrected chi connectivity index (χ0v) is 9.32. The minimum atomic E-state index is -0.0969. The molecule has 1 aromatic heterocycles. The van der Waals surface area contributed by atoms with Crippen LogP contribution in [0.1, 0.15) is 49.9 Å². The van der Waals surface area contributed by atoms with Crippen molar-refractivity contribution in [1.29, 1.82) is 0 Å². The summed E-state index contributed by atoms with van der Waals surface area (Å²) in [5, 5.41) is 3.97. The summed E-state index contributed by atoms with van der Waals surface area (Å²) >= 11 is 0. The van der Waals surface area contributed by atoms with E-state index in [1.807, 2.05) is 0 Å². The van der Waals surface area contributed by atoms with Gasteiger partial charge in [0.2, 0.25) is 11.7 Å². The molecule has 2 aliphatic rings. The first-order chi connectivity index (χ1) is 7.75. The topological polar surface area (TPSA) is 74.2 Å². The normalized spacial score (nSPS) is 27.9. The van der Waals surface area contributed by atoms with Gasteiger partial charge in [-0.15, -0.1) is 0 Å². The van der Waals surface area contributed by atoms with E-state index in [0.29, 0.717) is 18.1 Å². The third kappa shape index (κ3) is 1.85. The van der Waals surface area contributed by atoms with Crippen molar-refractivity contribution in [3.63, 3.8) is 0 Å². The quantitative estimate of drug-likeness (QED) is 0.837. The Balaban J connectivity index is 1.67. The summed E-state index contributed by atoms with van der Waals surface area (Å²) in [6.45, 7) is 0.801. The van der Waals surface area contributed by atoms with E-state index in [1.165, 1.54) is 6.42 Å². The zero-order chi connectivity index (χ0) is 11.0. The van der Waals surface area contributed by atoms with Gasteiger partial charge >= 0.3 is 0 Å². The van der Waals surface area contributed by atoms with Crippen molar-refractivity contribution in [3.05, 3.63) is 11.7 Å². The fourth-order valence-electron chi connectivity index (χ4n) is 2.36. The van der Waals surface area contributed by atoms with E-state index in [2.05, 4.69) is 10.1 Å². The molecule has 0 aromatic carbocycles. The Labute approximate surface area is 94.3 Å². The van der Waals surface area contributed by atoms with Crippen molar-refractivity contribution in [1.82, 2.24) is 10.1 Å². The van der Waals surface area contributed by atoms with Crippen LogP contribution in [0.3, 0.4) is 0 Å². The molecule has 1 aromatic rings. The first-order valence-electron chi connectivity index (χ1n) is 5.98. The molecule has 16 heavy (non-hydrogen) atoms. The Hall–Kier alpha value is -0.940. The maximum absolute atomic E-state index is 6.14. The standard InChI is InChI=1S/C11H17N3O2/c12-11(4-2-5-11)7-9-13-10(14-16-9)8-3-1-6-15-8/h8H,1-7,12H2. The van der Waals surface area contributed by atoms with Gasteiger partial charge < -0.3 is 15.0 Å². The minimum Gasteiger partial charge on any atom is -0.370 e. The molecule has 88 valence electrons. The number of nitrogens with two attached hydrogens (primary N) is 1. The summed E-state index contributed by atoms with van der Waals surface area (Å²) in [4.78, 5) is 4.38. The summed E-state index contributed by atoms with van der Waals surface area (Å²) in [6.07, 6.45) is 6.14. The van der Waals surface area contributed by atoms with Crippen molar-refractivity contribution in [2.75, 3.05) is 6.61 Å². The SMILES string of the molecule is NC1(Cc2nc(C3CCCO3)no2)CCC1. The summed E-state index contributed by atoms with van der Waals surface area (Å²) in [7, 11) is 0. The smallest absolute Gasteiger partial charge is 0.228 e. The van der Waals surface area contributed by atoms with Crippen LogP contribution in [0.2, 0.25) is 0 Å². The molecular weight excluding hydrogens is 206 g/mol. The maximum atomic E-state index is 6.14. The van der Waals surface area contributed by atoms with Crippen LogP contribution in [-0.4, -0.2) is 22.3 Å². The van der Waals surface area contributed by atoms with Gasteiger partial charge in [0.05, 0.1) is 0 Å². The molecule has 5 nitrogen and oxygen atoms in total. The molecule has 1 unspecified atom stereocenters. The third-order valence-corrected chi connectivity index (χ3v) is 3.55. The number of hydrogen-bond donors (Lipinski definition) is 1. The molecule has 0 radical (unpaired) electrons. The molecule has 1 saturated carbocycles. The first-order valence-corrected chi connectivity index (χ1v) is 5.98. The van der Waals surface area contributed by atoms with Crippen LogP contribution >= 0.6 is 0 Å². The molecule has 1 atom stereocenters. The lowest BCUT2D eigenvalue weighted by molar-refractivity contribution is 0.103. The van der Waals surface area contributed by atoms with Gasteiger partial charge in [-0.05, 0) is 32.1 Å². The van der Waals surface area contributed by atoms with E-state index in [4.69, 9.17) is 15.0 Å². The third-order valence-electron chi connectivity index (χ3n) is 3.55. The second-order valence-corrected chi connectivity index (χ2v) is 4.94. The number of aromatic nitrogens is 2. The second-order valence-electron chi connectivity index (χ2n) is 4.94. The highest BCUT2D eigenvalue weighted by atomic mass is 16.5. The molecule has 1 saturated heterocycles. The van der Waals surface area contributed by atoms with Crippen molar-refractivity contribution < 1.29 is 9.26 Å². The van der Waals surface area contributed by atoms with Gasteiger partial charge in [0.25, 0.3) is 0 Å². The lowest BCUT2D eigenvalue weighted by atomic mass is 9.75. The fourth-order valence-corrected chi connectivity index (χ4v) is 2.36. The van der Waals surface area contributed by atoms with Gasteiger partial charge in [0.1, 0.15) is 6.10 Å². The highest BCUT2D eigenvalue weighted by molar-refractivity contribution is 5.02. The largest absolute Gasteiger partial charge is 0.370 e. The Morgan fingerprint density at radius 1 is 1.38 bits per heavy atom. The van der Waals surface area contributed by atoms with Crippen LogP contribution in [0.25, 0.3) is 0 Å². The molecule has 1 aliphatic carbocycles. The van der Waals surface area contributed by atoms with Gasteiger partial charge in [-0.2, -0.15) is 4.98 Å². The van der Waals surface area contributed by atoms with Gasteiger partial charge in [0, 0.05) is 18.6 Å². The van der Waals surface area contributed by atoms with Gasteiger partial charge in [-0.3, -0.25) is 0 Å². The summed E-state index contributed by atoms with van der Waals surface area (Å²) in [5.74, 6) is 1.35. The molecule has 2 N–H and O–H groups in total. The Bertz CT molecular complexity index is 367. The first kappa shape index (κ1) is 10.2. The highest BCUT2D eigenvalue weighted by Crippen LogP contribution is 2.32. The van der Waals surface area contributed by atoms with E-state index >= 15 is 0 Å². The molecule has 0 spiro atoms. The summed E-state index contributed by atoms with van der Waals surface area (Å²) in [5.41, 5.74) is 6.04. The Kier molecular flexibility index (Phi) is 2.44. The van der Waals surface area contributed by atoms with Crippen LogP contribution < -0.4 is 5.73 Å². The molecule has 0 amide bonds. The minimum absolute atomic E-state index is 0.0348. The average Bonchev–Trinajstić information content (AvgIpc) is 2.83. The van der Waals surface area contributed by atoms with Crippen LogP contribution in [0, 0.1) is 0 Å². The Morgan fingerprint density at radius 3 is 2.88 bits per heavy atom. The van der Waals surface area contributed by atoms with E-state index in [9.17, 15) is 0 Å². The van der Waals surface area contributed by atoms with Crippen molar-refractivity contribution in [2.45, 2.75) is 50.2 Å². The zero-order valence-electron chi connectivity index (χ0n) is 9.32. The highest BCUT2D eigenvalue weighted by Gasteiger charge is 2.35. The van der Waals surface area contributed by atoms with E-state index < -0.39 is 0 Å². The average molecular weight is 223 g/mol. The molecule has 1 aliphatic heterocycles. The van der Waals surface area contributed by atoms with Gasteiger partial charge in [-0.25, -0.2) is 0 Å². The second kappa shape index (κ2) is 3.82. The Morgan fingerprint density at radius 2 is 2.25 bits per heavy atom. The lowest BCUT2D eigenvalue weighted by Crippen LogP contribution is -2.48. The van der Waals surface area contributed by atoms with E-state index in [-0.39, 0.29) is 11.6 Å². The molecular formula is C11H17N3O2. The van der Waals surface area contributed by atoms with Gasteiger partial charge in [0.15, 0.2) is 0 Å². The molecule has 0 bridgehead atoms. The predicted molar refractivity (Wildman–Crippen MR) is 56.7 cm³/mol. The van der Waals surface area contributed by atoms with E-state index in [0.717, 1.165) is 32.3 Å². The summed E-state index contributed by atoms with van der Waals surface area (Å²) in [6, 6.07) is 0. The molecule has 2 heterocycles. The van der Waals surface area contributed by atoms with Gasteiger partial charge in [-0.1, -0.05) is 5.16 Å². The maximum Gasteiger partial charge on any atom is 0.228 e. The summed E-state index contributed by atoms with van der Waals surface area (Å²) < 4.78 is 10.7. The monoisotopic (exact) mass is 223 g/mol. The van der Waals surface area contributed by atoms with Crippen molar-refractivity contribution >= 4 is 0 Å². The van der Waals surface area contributed by atoms with Crippen LogP contribution in [-0.2, 0) is 11.2 Å². The van der Waals surface area contributed by atoms with E-state index in [1.54, 1.807) is 0 Å². The number of ether oxygens (including phenoxy) is 1. The number of hydrogen-bond acceptors (Lipinski definition) is 5. The van der Waals surface area contributed by atoms with Crippen molar-refractivity contribution in [3.8, 4) is 0 Å². The van der Waals surface area contributed by atoms with Crippen LogP contribution in [0.15, 0.2) is 4.52 Å². The fraction of sp³-hybridized carbons (Fsp3) is 0.818. The number of nitrogens with zero attached hydrogens (tertiary/aromatic N) is 2. The predicted octanol–water partition coefficient (Wildman–Crippen LogP) is 1.34. The van der Waals surface area contributed by atoms with Crippen molar-refractivity contribution in [2.24, 2.45) is 5.73 Å². The molecule has 3 rings (SSSR count). The van der Waals surface area contributed by atoms with Crippen LogP contribution in [0.4, 0.5) is 0 Å². The number of rotatable bonds is 3.